The van der Waals surface area contributed by atoms with Crippen LogP contribution in [-0.4, -0.2) is 23.2 Å². The monoisotopic (exact) mass is 314 g/mol. The number of fused-ring (bicyclic) bond motifs is 2. The van der Waals surface area contributed by atoms with Gasteiger partial charge in [0, 0.05) is 23.6 Å². The first-order valence-electron chi connectivity index (χ1n) is 8.51. The van der Waals surface area contributed by atoms with Crippen molar-refractivity contribution in [3.8, 4) is 0 Å². The molecule has 0 saturated heterocycles. The van der Waals surface area contributed by atoms with Gasteiger partial charge in [0.1, 0.15) is 5.60 Å². The summed E-state index contributed by atoms with van der Waals surface area (Å²) in [6, 6.07) is 4.66. The lowest BCUT2D eigenvalue weighted by molar-refractivity contribution is 0.0527. The third-order valence-corrected chi connectivity index (χ3v) is 4.27. The molecular weight excluding hydrogens is 288 g/mol. The number of hydrogen-bond donors (Lipinski definition) is 2. The number of alkyl carbamates (subject to hydrolysis) is 1. The Morgan fingerprint density at radius 1 is 1.26 bits per heavy atom. The summed E-state index contributed by atoms with van der Waals surface area (Å²) in [6.45, 7) is 6.25. The number of rotatable bonds is 4. The molecule has 0 fully saturated rings. The van der Waals surface area contributed by atoms with E-state index in [1.54, 1.807) is 0 Å². The van der Waals surface area contributed by atoms with Gasteiger partial charge in [0.05, 0.1) is 0 Å². The minimum atomic E-state index is -0.443. The molecule has 0 spiro atoms. The summed E-state index contributed by atoms with van der Waals surface area (Å²) in [7, 11) is 0. The van der Waals surface area contributed by atoms with Gasteiger partial charge in [-0.3, -0.25) is 0 Å². The number of carbonyl (C=O) groups is 1. The van der Waals surface area contributed by atoms with Gasteiger partial charge in [-0.2, -0.15) is 0 Å². The van der Waals surface area contributed by atoms with Gasteiger partial charge >= 0.3 is 6.09 Å². The predicted octanol–water partition coefficient (Wildman–Crippen LogP) is 4.11. The van der Waals surface area contributed by atoms with Gasteiger partial charge in [0.15, 0.2) is 0 Å². The Labute approximate surface area is 137 Å². The lowest BCUT2D eigenvalue weighted by Gasteiger charge is -2.19. The molecule has 1 aliphatic rings. The minimum absolute atomic E-state index is 0.339. The maximum absolute atomic E-state index is 11.6. The van der Waals surface area contributed by atoms with Gasteiger partial charge in [-0.15, -0.1) is 0 Å². The lowest BCUT2D eigenvalue weighted by Crippen LogP contribution is -2.33. The Bertz CT molecular complexity index is 710. The van der Waals surface area contributed by atoms with E-state index in [0.29, 0.717) is 6.54 Å². The molecule has 124 valence electrons. The predicted molar refractivity (Wildman–Crippen MR) is 92.9 cm³/mol. The first-order chi connectivity index (χ1) is 10.9. The second-order valence-electron chi connectivity index (χ2n) is 7.37. The van der Waals surface area contributed by atoms with Gasteiger partial charge in [-0.25, -0.2) is 4.79 Å². The van der Waals surface area contributed by atoms with E-state index in [4.69, 9.17) is 4.74 Å². The summed E-state index contributed by atoms with van der Waals surface area (Å²) in [6.07, 6.45) is 7.31. The number of carbonyl (C=O) groups excluding carboxylic acids is 1. The largest absolute Gasteiger partial charge is 0.444 e. The standard InChI is InChI=1S/C19H26N2O2/c1-19(2,3)23-18(22)20-9-5-8-15-12-21-17-11-14-7-4-6-13(14)10-16(15)17/h10-12,21H,4-9H2,1-3H3,(H,20,22). The van der Waals surface area contributed by atoms with E-state index in [9.17, 15) is 4.79 Å². The van der Waals surface area contributed by atoms with Crippen LogP contribution in [0.2, 0.25) is 0 Å². The van der Waals surface area contributed by atoms with Crippen molar-refractivity contribution in [2.45, 2.75) is 58.5 Å². The van der Waals surface area contributed by atoms with E-state index < -0.39 is 5.60 Å². The van der Waals surface area contributed by atoms with Crippen LogP contribution in [0.5, 0.6) is 0 Å². The van der Waals surface area contributed by atoms with Gasteiger partial charge in [0.2, 0.25) is 0 Å². The molecule has 0 unspecified atom stereocenters. The third kappa shape index (κ3) is 3.87. The summed E-state index contributed by atoms with van der Waals surface area (Å²) < 4.78 is 5.24. The van der Waals surface area contributed by atoms with Crippen LogP contribution in [0.4, 0.5) is 4.79 Å². The van der Waals surface area contributed by atoms with Crippen LogP contribution in [0.1, 0.15) is 50.3 Å². The van der Waals surface area contributed by atoms with Crippen LogP contribution in [-0.2, 0) is 24.0 Å². The van der Waals surface area contributed by atoms with Gasteiger partial charge in [-0.1, -0.05) is 0 Å². The molecule has 23 heavy (non-hydrogen) atoms. The number of aromatic amines is 1. The Balaban J connectivity index is 1.55. The number of amides is 1. The van der Waals surface area contributed by atoms with Crippen LogP contribution >= 0.6 is 0 Å². The molecule has 1 amide bonds. The van der Waals surface area contributed by atoms with Crippen LogP contribution in [0, 0.1) is 0 Å². The zero-order valence-corrected chi connectivity index (χ0v) is 14.3. The fourth-order valence-corrected chi connectivity index (χ4v) is 3.24. The van der Waals surface area contributed by atoms with Gasteiger partial charge < -0.3 is 15.0 Å². The maximum atomic E-state index is 11.6. The summed E-state index contributed by atoms with van der Waals surface area (Å²) >= 11 is 0. The topological polar surface area (TPSA) is 54.1 Å². The molecule has 0 saturated carbocycles. The summed E-state index contributed by atoms with van der Waals surface area (Å²) in [5, 5.41) is 4.16. The first-order valence-corrected chi connectivity index (χ1v) is 8.51. The summed E-state index contributed by atoms with van der Waals surface area (Å²) in [5.41, 5.74) is 5.13. The molecule has 1 aromatic heterocycles. The zero-order chi connectivity index (χ0) is 16.4. The number of nitrogens with one attached hydrogen (secondary N) is 2. The Hall–Kier alpha value is -1.97. The molecule has 1 heterocycles. The summed E-state index contributed by atoms with van der Waals surface area (Å²) in [4.78, 5) is 15.0. The fourth-order valence-electron chi connectivity index (χ4n) is 3.24. The highest BCUT2D eigenvalue weighted by atomic mass is 16.6. The van der Waals surface area contributed by atoms with Gasteiger partial charge in [0.25, 0.3) is 0 Å². The van der Waals surface area contributed by atoms with Crippen molar-refractivity contribution in [3.63, 3.8) is 0 Å². The molecule has 3 rings (SSSR count). The maximum Gasteiger partial charge on any atom is 0.407 e. The SMILES string of the molecule is CC(C)(C)OC(=O)NCCCc1c[nH]c2cc3c(cc12)CCC3. The smallest absolute Gasteiger partial charge is 0.407 e. The van der Waals surface area contributed by atoms with Crippen molar-refractivity contribution in [1.82, 2.24) is 10.3 Å². The van der Waals surface area contributed by atoms with Gasteiger partial charge in [-0.05, 0) is 81.7 Å². The highest BCUT2D eigenvalue weighted by molar-refractivity contribution is 5.85. The van der Waals surface area contributed by atoms with Crippen molar-refractivity contribution in [2.75, 3.05) is 6.54 Å². The zero-order valence-electron chi connectivity index (χ0n) is 14.3. The summed E-state index contributed by atoms with van der Waals surface area (Å²) in [5.74, 6) is 0. The molecule has 1 aromatic carbocycles. The van der Waals surface area contributed by atoms with E-state index in [0.717, 1.165) is 12.8 Å². The van der Waals surface area contributed by atoms with E-state index in [1.807, 2.05) is 20.8 Å². The number of benzene rings is 1. The molecule has 4 nitrogen and oxygen atoms in total. The lowest BCUT2D eigenvalue weighted by atomic mass is 10.0. The molecule has 0 bridgehead atoms. The van der Waals surface area contributed by atoms with Crippen LogP contribution in [0.15, 0.2) is 18.3 Å². The highest BCUT2D eigenvalue weighted by Crippen LogP contribution is 2.29. The van der Waals surface area contributed by atoms with Crippen molar-refractivity contribution in [3.05, 3.63) is 35.0 Å². The highest BCUT2D eigenvalue weighted by Gasteiger charge is 2.16. The first kappa shape index (κ1) is 15.9. The number of hydrogen-bond acceptors (Lipinski definition) is 2. The molecule has 4 heteroatoms. The van der Waals surface area contributed by atoms with Crippen LogP contribution < -0.4 is 5.32 Å². The van der Waals surface area contributed by atoms with E-state index in [1.165, 1.54) is 46.9 Å². The number of ether oxygens (including phenoxy) is 1. The van der Waals surface area contributed by atoms with Crippen molar-refractivity contribution in [1.29, 1.82) is 0 Å². The van der Waals surface area contributed by atoms with E-state index >= 15 is 0 Å². The molecule has 2 aromatic rings. The Morgan fingerprint density at radius 2 is 2.00 bits per heavy atom. The second-order valence-corrected chi connectivity index (χ2v) is 7.37. The third-order valence-electron chi connectivity index (χ3n) is 4.27. The molecular formula is C19H26N2O2. The molecule has 0 atom stereocenters. The average molecular weight is 314 g/mol. The Morgan fingerprint density at radius 3 is 2.74 bits per heavy atom. The number of H-pyrrole nitrogens is 1. The van der Waals surface area contributed by atoms with Crippen molar-refractivity contribution >= 4 is 17.0 Å². The molecule has 1 aliphatic carbocycles. The Kier molecular flexibility index (Phi) is 4.33. The van der Waals surface area contributed by atoms with Crippen molar-refractivity contribution < 1.29 is 9.53 Å². The number of aromatic nitrogens is 1. The molecule has 0 aliphatic heterocycles. The molecule has 2 N–H and O–H groups in total. The van der Waals surface area contributed by atoms with Crippen LogP contribution in [0.25, 0.3) is 10.9 Å². The second kappa shape index (κ2) is 6.26. The average Bonchev–Trinajstić information content (AvgIpc) is 3.05. The van der Waals surface area contributed by atoms with E-state index in [2.05, 4.69) is 28.6 Å². The van der Waals surface area contributed by atoms with Crippen molar-refractivity contribution in [2.24, 2.45) is 0 Å². The van der Waals surface area contributed by atoms with Crippen LogP contribution in [0.3, 0.4) is 0 Å². The fraction of sp³-hybridized carbons (Fsp3) is 0.526. The van der Waals surface area contributed by atoms with E-state index in [-0.39, 0.29) is 6.09 Å². The minimum Gasteiger partial charge on any atom is -0.444 e. The normalized spacial score (nSPS) is 14.0. The quantitative estimate of drug-likeness (QED) is 0.834. The number of aryl methyl sites for hydroxylation is 3. The molecule has 0 radical (unpaired) electrons.